The van der Waals surface area contributed by atoms with E-state index in [9.17, 15) is 4.79 Å². The number of ether oxygens (including phenoxy) is 1. The quantitative estimate of drug-likeness (QED) is 0.143. The van der Waals surface area contributed by atoms with Crippen molar-refractivity contribution in [1.29, 1.82) is 0 Å². The third-order valence-corrected chi connectivity index (χ3v) is 6.05. The van der Waals surface area contributed by atoms with Crippen molar-refractivity contribution in [2.45, 2.75) is 156 Å². The van der Waals surface area contributed by atoms with E-state index in [2.05, 4.69) is 27.7 Å². The Labute approximate surface area is 177 Å². The van der Waals surface area contributed by atoms with Gasteiger partial charge in [0.2, 0.25) is 0 Å². The lowest BCUT2D eigenvalue weighted by Crippen LogP contribution is -2.24. The minimum absolute atomic E-state index is 0.0181. The van der Waals surface area contributed by atoms with Crippen LogP contribution >= 0.6 is 0 Å². The number of hydrogen-bond donors (Lipinski definition) is 0. The molecule has 0 spiro atoms. The van der Waals surface area contributed by atoms with Crippen molar-refractivity contribution >= 4 is 5.97 Å². The van der Waals surface area contributed by atoms with Crippen molar-refractivity contribution in [3.8, 4) is 0 Å². The molecule has 2 heteroatoms. The first-order chi connectivity index (χ1) is 13.7. The molecule has 168 valence electrons. The van der Waals surface area contributed by atoms with Crippen molar-refractivity contribution in [2.75, 3.05) is 0 Å². The van der Waals surface area contributed by atoms with E-state index in [0.29, 0.717) is 12.3 Å². The summed E-state index contributed by atoms with van der Waals surface area (Å²) in [5, 5.41) is 0. The summed E-state index contributed by atoms with van der Waals surface area (Å²) in [6, 6.07) is 0. The molecule has 0 aromatic heterocycles. The molecule has 0 radical (unpaired) electrons. The van der Waals surface area contributed by atoms with Gasteiger partial charge in [0.25, 0.3) is 0 Å². The topological polar surface area (TPSA) is 26.3 Å². The number of hydrogen-bond acceptors (Lipinski definition) is 2. The highest BCUT2D eigenvalue weighted by atomic mass is 16.5. The van der Waals surface area contributed by atoms with Crippen molar-refractivity contribution < 1.29 is 9.53 Å². The van der Waals surface area contributed by atoms with E-state index in [1.54, 1.807) is 0 Å². The molecule has 0 N–H and O–H groups in total. The van der Waals surface area contributed by atoms with Gasteiger partial charge in [0, 0.05) is 6.42 Å². The van der Waals surface area contributed by atoms with Gasteiger partial charge in [0.05, 0.1) is 0 Å². The first kappa shape index (κ1) is 27.5. The average Bonchev–Trinajstić information content (AvgIpc) is 2.69. The summed E-state index contributed by atoms with van der Waals surface area (Å²) in [6.45, 7) is 8.81. The van der Waals surface area contributed by atoms with Crippen LogP contribution in [-0.2, 0) is 9.53 Å². The Balaban J connectivity index is 3.37. The predicted molar refractivity (Wildman–Crippen MR) is 124 cm³/mol. The zero-order chi connectivity index (χ0) is 20.9. The summed E-state index contributed by atoms with van der Waals surface area (Å²) < 4.78 is 5.69. The van der Waals surface area contributed by atoms with Gasteiger partial charge >= 0.3 is 5.97 Å². The van der Waals surface area contributed by atoms with Crippen LogP contribution < -0.4 is 0 Å². The summed E-state index contributed by atoms with van der Waals surface area (Å²) >= 11 is 0. The number of carbonyl (C=O) groups excluding carboxylic acids is 1. The standard InChI is InChI=1S/C26H52O2/c1-5-8-9-10-11-12-13-14-15-16-17-18-19-20-21-23-26(27)28-25(7-3)24(4)22-6-2/h24-25H,5-23H2,1-4H3. The van der Waals surface area contributed by atoms with E-state index in [1.807, 2.05) is 0 Å². The van der Waals surface area contributed by atoms with Crippen molar-refractivity contribution in [1.82, 2.24) is 0 Å². The SMILES string of the molecule is CCCCCCCCCCCCCCCCCC(=O)OC(CC)C(C)CCC. The van der Waals surface area contributed by atoms with Crippen LogP contribution in [0.25, 0.3) is 0 Å². The second kappa shape index (κ2) is 21.2. The Morgan fingerprint density at radius 2 is 1.07 bits per heavy atom. The molecule has 28 heavy (non-hydrogen) atoms. The highest BCUT2D eigenvalue weighted by molar-refractivity contribution is 5.69. The van der Waals surface area contributed by atoms with Crippen molar-refractivity contribution in [2.24, 2.45) is 5.92 Å². The van der Waals surface area contributed by atoms with E-state index in [4.69, 9.17) is 4.74 Å². The fourth-order valence-electron chi connectivity index (χ4n) is 4.11. The lowest BCUT2D eigenvalue weighted by molar-refractivity contribution is -0.152. The molecular formula is C26H52O2. The van der Waals surface area contributed by atoms with Crippen LogP contribution in [0.15, 0.2) is 0 Å². The molecule has 0 aliphatic heterocycles. The molecule has 2 unspecified atom stereocenters. The summed E-state index contributed by atoms with van der Waals surface area (Å²) in [6.07, 6.45) is 24.3. The van der Waals surface area contributed by atoms with Gasteiger partial charge in [-0.3, -0.25) is 4.79 Å². The maximum atomic E-state index is 12.0. The van der Waals surface area contributed by atoms with Crippen LogP contribution in [-0.4, -0.2) is 12.1 Å². The largest absolute Gasteiger partial charge is 0.462 e. The van der Waals surface area contributed by atoms with Crippen molar-refractivity contribution in [3.63, 3.8) is 0 Å². The lowest BCUT2D eigenvalue weighted by Gasteiger charge is -2.22. The fourth-order valence-corrected chi connectivity index (χ4v) is 4.11. The first-order valence-electron chi connectivity index (χ1n) is 12.8. The molecule has 0 aromatic carbocycles. The fraction of sp³-hybridized carbons (Fsp3) is 0.962. The van der Waals surface area contributed by atoms with Gasteiger partial charge in [-0.05, 0) is 25.2 Å². The number of esters is 1. The first-order valence-corrected chi connectivity index (χ1v) is 12.8. The minimum Gasteiger partial charge on any atom is -0.462 e. The Hall–Kier alpha value is -0.530. The van der Waals surface area contributed by atoms with Gasteiger partial charge in [-0.2, -0.15) is 0 Å². The lowest BCUT2D eigenvalue weighted by atomic mass is 9.97. The molecule has 0 saturated carbocycles. The van der Waals surface area contributed by atoms with E-state index in [-0.39, 0.29) is 12.1 Å². The molecular weight excluding hydrogens is 344 g/mol. The van der Waals surface area contributed by atoms with Gasteiger partial charge in [-0.1, -0.05) is 124 Å². The maximum Gasteiger partial charge on any atom is 0.306 e. The van der Waals surface area contributed by atoms with Crippen molar-refractivity contribution in [3.05, 3.63) is 0 Å². The summed E-state index contributed by atoms with van der Waals surface area (Å²) in [7, 11) is 0. The van der Waals surface area contributed by atoms with Crippen LogP contribution in [0, 0.1) is 5.92 Å². The summed E-state index contributed by atoms with van der Waals surface area (Å²) in [5.74, 6) is 0.504. The van der Waals surface area contributed by atoms with E-state index < -0.39 is 0 Å². The third-order valence-electron chi connectivity index (χ3n) is 6.05. The molecule has 0 bridgehead atoms. The Kier molecular flexibility index (Phi) is 20.8. The number of carbonyl (C=O) groups is 1. The van der Waals surface area contributed by atoms with E-state index in [1.165, 1.54) is 89.9 Å². The van der Waals surface area contributed by atoms with Gasteiger partial charge in [-0.25, -0.2) is 0 Å². The molecule has 0 rings (SSSR count). The number of unbranched alkanes of at least 4 members (excludes halogenated alkanes) is 14. The second-order valence-corrected chi connectivity index (χ2v) is 8.90. The van der Waals surface area contributed by atoms with Gasteiger partial charge in [0.1, 0.15) is 6.10 Å². The van der Waals surface area contributed by atoms with Crippen LogP contribution in [0.1, 0.15) is 150 Å². The van der Waals surface area contributed by atoms with Crippen LogP contribution in [0.4, 0.5) is 0 Å². The zero-order valence-electron chi connectivity index (χ0n) is 19.9. The Morgan fingerprint density at radius 1 is 0.643 bits per heavy atom. The molecule has 0 aliphatic carbocycles. The maximum absolute atomic E-state index is 12.0. The van der Waals surface area contributed by atoms with Crippen LogP contribution in [0.3, 0.4) is 0 Å². The molecule has 2 nitrogen and oxygen atoms in total. The van der Waals surface area contributed by atoms with Gasteiger partial charge < -0.3 is 4.74 Å². The smallest absolute Gasteiger partial charge is 0.306 e. The highest BCUT2D eigenvalue weighted by Crippen LogP contribution is 2.18. The molecule has 0 heterocycles. The molecule has 0 aromatic rings. The molecule has 0 amide bonds. The second-order valence-electron chi connectivity index (χ2n) is 8.90. The highest BCUT2D eigenvalue weighted by Gasteiger charge is 2.18. The van der Waals surface area contributed by atoms with Gasteiger partial charge in [0.15, 0.2) is 0 Å². The Bertz CT molecular complexity index is 326. The minimum atomic E-state index is 0.0181. The average molecular weight is 397 g/mol. The van der Waals surface area contributed by atoms with Crippen LogP contribution in [0.2, 0.25) is 0 Å². The predicted octanol–water partition coefficient (Wildman–Crippen LogP) is 9.01. The normalized spacial score (nSPS) is 13.4. The van der Waals surface area contributed by atoms with E-state index in [0.717, 1.165) is 25.7 Å². The summed E-state index contributed by atoms with van der Waals surface area (Å²) in [4.78, 5) is 12.0. The molecule has 0 fully saturated rings. The van der Waals surface area contributed by atoms with E-state index >= 15 is 0 Å². The molecule has 0 aliphatic rings. The summed E-state index contributed by atoms with van der Waals surface area (Å²) in [5.41, 5.74) is 0. The molecule has 2 atom stereocenters. The van der Waals surface area contributed by atoms with Gasteiger partial charge in [-0.15, -0.1) is 0 Å². The number of rotatable bonds is 21. The van der Waals surface area contributed by atoms with Crippen LogP contribution in [0.5, 0.6) is 0 Å². The zero-order valence-corrected chi connectivity index (χ0v) is 19.9. The molecule has 0 saturated heterocycles. The Morgan fingerprint density at radius 3 is 1.46 bits per heavy atom. The third kappa shape index (κ3) is 17.6. The monoisotopic (exact) mass is 396 g/mol.